The minimum absolute atomic E-state index is 0.138. The Labute approximate surface area is 184 Å². The quantitative estimate of drug-likeness (QED) is 0.406. The van der Waals surface area contributed by atoms with Crippen molar-refractivity contribution in [2.75, 3.05) is 31.1 Å². The highest BCUT2D eigenvalue weighted by atomic mass is 32.2. The average molecular weight is 439 g/mol. The lowest BCUT2D eigenvalue weighted by Gasteiger charge is -2.36. The van der Waals surface area contributed by atoms with E-state index in [0.717, 1.165) is 10.5 Å². The molecule has 5 nitrogen and oxygen atoms in total. The maximum Gasteiger partial charge on any atom is 0.289 e. The van der Waals surface area contributed by atoms with Gasteiger partial charge in [0.1, 0.15) is 5.82 Å². The fourth-order valence-corrected chi connectivity index (χ4v) is 4.49. The Kier molecular flexibility index (Phi) is 6.42. The molecule has 1 aliphatic heterocycles. The molecule has 0 atom stereocenters. The van der Waals surface area contributed by atoms with Crippen LogP contribution in [0.3, 0.4) is 0 Å². The van der Waals surface area contributed by atoms with Crippen LogP contribution in [0.15, 0.2) is 70.2 Å². The first-order valence-electron chi connectivity index (χ1n) is 10.1. The lowest BCUT2D eigenvalue weighted by molar-refractivity contribution is 0.0713. The molecule has 3 aromatic rings. The van der Waals surface area contributed by atoms with Crippen LogP contribution in [0.5, 0.6) is 0 Å². The fraction of sp³-hybridized carbons (Fsp3) is 0.250. The number of anilines is 1. The number of rotatable bonds is 6. The summed E-state index contributed by atoms with van der Waals surface area (Å²) in [6.45, 7) is 3.38. The largest absolute Gasteiger partial charge is 0.459 e. The summed E-state index contributed by atoms with van der Waals surface area (Å²) in [5.74, 6) is 0.295. The molecule has 4 rings (SSSR count). The molecule has 1 fully saturated rings. The number of hydrogen-bond donors (Lipinski definition) is 0. The van der Waals surface area contributed by atoms with E-state index in [9.17, 15) is 14.0 Å². The number of piperazine rings is 1. The third-order valence-electron chi connectivity index (χ3n) is 5.34. The highest BCUT2D eigenvalue weighted by Gasteiger charge is 2.27. The Morgan fingerprint density at radius 2 is 1.77 bits per heavy atom. The molecule has 31 heavy (non-hydrogen) atoms. The highest BCUT2D eigenvalue weighted by molar-refractivity contribution is 7.98. The Morgan fingerprint density at radius 3 is 2.45 bits per heavy atom. The van der Waals surface area contributed by atoms with Crippen molar-refractivity contribution in [3.05, 3.63) is 83.6 Å². The van der Waals surface area contributed by atoms with Crippen LogP contribution < -0.4 is 4.90 Å². The summed E-state index contributed by atoms with van der Waals surface area (Å²) in [5, 5.41) is 0. The molecule has 0 saturated carbocycles. The molecule has 0 unspecified atom stereocenters. The van der Waals surface area contributed by atoms with Crippen LogP contribution in [0.4, 0.5) is 10.1 Å². The molecule has 160 valence electrons. The third kappa shape index (κ3) is 4.82. The number of carbonyl (C=O) groups excluding carboxylic acids is 2. The van der Waals surface area contributed by atoms with Crippen molar-refractivity contribution in [2.24, 2.45) is 0 Å². The summed E-state index contributed by atoms with van der Waals surface area (Å²) in [7, 11) is 0. The second kappa shape index (κ2) is 9.39. The minimum atomic E-state index is -0.418. The van der Waals surface area contributed by atoms with Gasteiger partial charge in [-0.25, -0.2) is 4.39 Å². The van der Waals surface area contributed by atoms with Crippen molar-refractivity contribution in [1.82, 2.24) is 4.90 Å². The van der Waals surface area contributed by atoms with E-state index < -0.39 is 5.82 Å². The van der Waals surface area contributed by atoms with E-state index in [1.54, 1.807) is 35.1 Å². The van der Waals surface area contributed by atoms with Gasteiger partial charge in [-0.1, -0.05) is 18.2 Å². The molecule has 1 amide bonds. The average Bonchev–Trinajstić information content (AvgIpc) is 3.26. The second-order valence-electron chi connectivity index (χ2n) is 7.38. The van der Waals surface area contributed by atoms with E-state index in [0.29, 0.717) is 48.9 Å². The normalized spacial score (nSPS) is 14.0. The lowest BCUT2D eigenvalue weighted by Crippen LogP contribution is -2.49. The number of amides is 1. The molecule has 1 aromatic heterocycles. The van der Waals surface area contributed by atoms with Crippen molar-refractivity contribution in [3.63, 3.8) is 0 Å². The molecule has 0 spiro atoms. The zero-order valence-corrected chi connectivity index (χ0v) is 18.0. The standard InChI is InChI=1S/C24H23FN2O3S/c1-17(28)18-7-8-22(21(25)15-18)26-10-12-27(13-11-26)24(29)23-19(9-14-30-23)16-31-20-5-3-2-4-6-20/h2-9,14-15H,10-13,16H2,1H3. The van der Waals surface area contributed by atoms with Gasteiger partial charge in [-0.15, -0.1) is 11.8 Å². The van der Waals surface area contributed by atoms with Crippen LogP contribution in [0, 0.1) is 5.82 Å². The Balaban J connectivity index is 1.38. The van der Waals surface area contributed by atoms with Crippen LogP contribution in [0.2, 0.25) is 0 Å². The molecular formula is C24H23FN2O3S. The molecule has 2 aromatic carbocycles. The molecule has 1 saturated heterocycles. The SMILES string of the molecule is CC(=O)c1ccc(N2CCN(C(=O)c3occc3CSc3ccccc3)CC2)c(F)c1. The predicted molar refractivity (Wildman–Crippen MR) is 119 cm³/mol. The zero-order valence-electron chi connectivity index (χ0n) is 17.2. The lowest BCUT2D eigenvalue weighted by atomic mass is 10.1. The number of ketones is 1. The maximum atomic E-state index is 14.5. The Morgan fingerprint density at radius 1 is 1.03 bits per heavy atom. The summed E-state index contributed by atoms with van der Waals surface area (Å²) in [6.07, 6.45) is 1.55. The van der Waals surface area contributed by atoms with Gasteiger partial charge >= 0.3 is 0 Å². The second-order valence-corrected chi connectivity index (χ2v) is 8.43. The molecule has 0 aliphatic carbocycles. The van der Waals surface area contributed by atoms with Gasteiger partial charge < -0.3 is 14.2 Å². The Bertz CT molecular complexity index is 1080. The zero-order chi connectivity index (χ0) is 21.8. The number of benzene rings is 2. The number of Topliss-reactive ketones (excluding diaryl/α,β-unsaturated/α-hetero) is 1. The van der Waals surface area contributed by atoms with Crippen LogP contribution in [0.25, 0.3) is 0 Å². The van der Waals surface area contributed by atoms with Crippen molar-refractivity contribution >= 4 is 29.1 Å². The first kappa shape index (κ1) is 21.2. The smallest absolute Gasteiger partial charge is 0.289 e. The summed E-state index contributed by atoms with van der Waals surface area (Å²) in [6, 6.07) is 16.4. The van der Waals surface area contributed by atoms with Gasteiger partial charge in [0.2, 0.25) is 0 Å². The number of furan rings is 1. The predicted octanol–water partition coefficient (Wildman–Crippen LogP) is 4.88. The first-order valence-corrected chi connectivity index (χ1v) is 11.1. The van der Waals surface area contributed by atoms with Gasteiger partial charge in [0, 0.05) is 48.0 Å². The molecule has 7 heteroatoms. The summed E-state index contributed by atoms with van der Waals surface area (Å²) in [4.78, 5) is 29.2. The van der Waals surface area contributed by atoms with E-state index in [4.69, 9.17) is 4.42 Å². The Hall–Kier alpha value is -3.06. The van der Waals surface area contributed by atoms with Crippen molar-refractivity contribution in [1.29, 1.82) is 0 Å². The minimum Gasteiger partial charge on any atom is -0.459 e. The van der Waals surface area contributed by atoms with E-state index in [-0.39, 0.29) is 11.7 Å². The van der Waals surface area contributed by atoms with E-state index in [2.05, 4.69) is 0 Å². The number of thioether (sulfide) groups is 1. The number of carbonyl (C=O) groups is 2. The monoisotopic (exact) mass is 438 g/mol. The molecule has 0 N–H and O–H groups in total. The molecule has 0 radical (unpaired) electrons. The summed E-state index contributed by atoms with van der Waals surface area (Å²) >= 11 is 1.65. The van der Waals surface area contributed by atoms with Gasteiger partial charge in [0.05, 0.1) is 12.0 Å². The first-order chi connectivity index (χ1) is 15.0. The van der Waals surface area contributed by atoms with Crippen molar-refractivity contribution in [3.8, 4) is 0 Å². The fourth-order valence-electron chi connectivity index (χ4n) is 3.59. The van der Waals surface area contributed by atoms with Gasteiger partial charge in [-0.2, -0.15) is 0 Å². The third-order valence-corrected chi connectivity index (χ3v) is 6.40. The van der Waals surface area contributed by atoms with Crippen LogP contribution >= 0.6 is 11.8 Å². The van der Waals surface area contributed by atoms with E-state index in [1.807, 2.05) is 41.3 Å². The van der Waals surface area contributed by atoms with Crippen molar-refractivity contribution < 1.29 is 18.4 Å². The van der Waals surface area contributed by atoms with Crippen molar-refractivity contribution in [2.45, 2.75) is 17.6 Å². The molecular weight excluding hydrogens is 415 g/mol. The number of hydrogen-bond acceptors (Lipinski definition) is 5. The van der Waals surface area contributed by atoms with Gasteiger partial charge in [0.25, 0.3) is 5.91 Å². The number of nitrogens with zero attached hydrogens (tertiary/aromatic N) is 2. The van der Waals surface area contributed by atoms with Gasteiger partial charge in [0.15, 0.2) is 11.5 Å². The van der Waals surface area contributed by atoms with Gasteiger partial charge in [-0.05, 0) is 43.3 Å². The topological polar surface area (TPSA) is 53.8 Å². The van der Waals surface area contributed by atoms with E-state index in [1.165, 1.54) is 13.0 Å². The number of halogens is 1. The van der Waals surface area contributed by atoms with Gasteiger partial charge in [-0.3, -0.25) is 9.59 Å². The van der Waals surface area contributed by atoms with Crippen LogP contribution in [-0.4, -0.2) is 42.8 Å². The highest BCUT2D eigenvalue weighted by Crippen LogP contribution is 2.27. The molecule has 1 aliphatic rings. The summed E-state index contributed by atoms with van der Waals surface area (Å²) < 4.78 is 20.0. The van der Waals surface area contributed by atoms with Crippen LogP contribution in [0.1, 0.15) is 33.4 Å². The molecule has 0 bridgehead atoms. The van der Waals surface area contributed by atoms with E-state index >= 15 is 0 Å². The molecule has 2 heterocycles. The maximum absolute atomic E-state index is 14.5. The summed E-state index contributed by atoms with van der Waals surface area (Å²) in [5.41, 5.74) is 1.68. The van der Waals surface area contributed by atoms with Crippen LogP contribution in [-0.2, 0) is 5.75 Å².